The van der Waals surface area contributed by atoms with Gasteiger partial charge < -0.3 is 15.3 Å². The fourth-order valence-corrected chi connectivity index (χ4v) is 3.02. The van der Waals surface area contributed by atoms with E-state index < -0.39 is 0 Å². The second-order valence-electron chi connectivity index (χ2n) is 6.19. The van der Waals surface area contributed by atoms with Gasteiger partial charge in [-0.15, -0.1) is 0 Å². The van der Waals surface area contributed by atoms with E-state index in [4.69, 9.17) is 5.11 Å². The van der Waals surface area contributed by atoms with E-state index in [9.17, 15) is 4.79 Å². The molecular formula is C18H28N2O2. The maximum Gasteiger partial charge on any atom is 0.251 e. The van der Waals surface area contributed by atoms with Gasteiger partial charge in [0.15, 0.2) is 0 Å². The summed E-state index contributed by atoms with van der Waals surface area (Å²) in [5.41, 5.74) is 1.82. The van der Waals surface area contributed by atoms with E-state index in [0.717, 1.165) is 62.9 Å². The van der Waals surface area contributed by atoms with Gasteiger partial charge in [-0.2, -0.15) is 0 Å². The molecule has 0 bridgehead atoms. The van der Waals surface area contributed by atoms with Crippen molar-refractivity contribution in [2.75, 3.05) is 26.2 Å². The number of aliphatic hydroxyl groups is 1. The molecule has 0 aliphatic carbocycles. The van der Waals surface area contributed by atoms with E-state index in [-0.39, 0.29) is 5.91 Å². The van der Waals surface area contributed by atoms with Gasteiger partial charge in [0.2, 0.25) is 0 Å². The van der Waals surface area contributed by atoms with Gasteiger partial charge in [0.05, 0.1) is 0 Å². The zero-order valence-corrected chi connectivity index (χ0v) is 13.6. The molecule has 0 radical (unpaired) electrons. The Kier molecular flexibility index (Phi) is 6.87. The molecule has 0 unspecified atom stereocenters. The molecule has 1 aromatic carbocycles. The first-order valence-corrected chi connectivity index (χ1v) is 8.40. The van der Waals surface area contributed by atoms with Crippen LogP contribution in [0.25, 0.3) is 0 Å². The number of nitrogens with zero attached hydrogens (tertiary/aromatic N) is 1. The molecule has 122 valence electrons. The van der Waals surface area contributed by atoms with E-state index in [1.54, 1.807) is 0 Å². The fourth-order valence-electron chi connectivity index (χ4n) is 3.02. The molecule has 2 rings (SSSR count). The van der Waals surface area contributed by atoms with Crippen LogP contribution in [0.3, 0.4) is 0 Å². The summed E-state index contributed by atoms with van der Waals surface area (Å²) in [6, 6.07) is 8.03. The number of unbranched alkanes of at least 4 members (excludes halogenated alkanes) is 2. The van der Waals surface area contributed by atoms with Crippen LogP contribution in [0.15, 0.2) is 24.3 Å². The molecule has 1 aliphatic rings. The summed E-state index contributed by atoms with van der Waals surface area (Å²) in [4.78, 5) is 14.8. The molecule has 2 N–H and O–H groups in total. The van der Waals surface area contributed by atoms with Gasteiger partial charge in [0.1, 0.15) is 0 Å². The van der Waals surface area contributed by atoms with Gasteiger partial charge in [0, 0.05) is 31.3 Å². The Morgan fingerprint density at radius 3 is 2.64 bits per heavy atom. The Hall–Kier alpha value is -1.39. The molecule has 22 heavy (non-hydrogen) atoms. The lowest BCUT2D eigenvalue weighted by molar-refractivity contribution is 0.0910. The molecule has 1 fully saturated rings. The van der Waals surface area contributed by atoms with Gasteiger partial charge in [0.25, 0.3) is 5.91 Å². The highest BCUT2D eigenvalue weighted by Crippen LogP contribution is 2.13. The Balaban J connectivity index is 1.71. The molecule has 0 saturated carbocycles. The van der Waals surface area contributed by atoms with Crippen molar-refractivity contribution in [3.8, 4) is 0 Å². The maximum absolute atomic E-state index is 12.3. The number of piperidine rings is 1. The first-order chi connectivity index (χ1) is 10.7. The van der Waals surface area contributed by atoms with Crippen molar-refractivity contribution >= 4 is 5.91 Å². The fraction of sp³-hybridized carbons (Fsp3) is 0.611. The van der Waals surface area contributed by atoms with Gasteiger partial charge >= 0.3 is 0 Å². The number of benzene rings is 1. The SMILES string of the molecule is Cc1ccccc1C(=O)NC1CCN(CCCCCO)CC1. The molecular weight excluding hydrogens is 276 g/mol. The Morgan fingerprint density at radius 2 is 1.95 bits per heavy atom. The minimum Gasteiger partial charge on any atom is -0.396 e. The number of aryl methyl sites for hydroxylation is 1. The maximum atomic E-state index is 12.3. The minimum atomic E-state index is 0.0551. The highest BCUT2D eigenvalue weighted by Gasteiger charge is 2.21. The van der Waals surface area contributed by atoms with Crippen molar-refractivity contribution < 1.29 is 9.90 Å². The Bertz CT molecular complexity index is 468. The van der Waals surface area contributed by atoms with E-state index in [0.29, 0.717) is 12.6 Å². The molecule has 1 saturated heterocycles. The van der Waals surface area contributed by atoms with E-state index in [1.807, 2.05) is 31.2 Å². The molecule has 4 nitrogen and oxygen atoms in total. The zero-order valence-electron chi connectivity index (χ0n) is 13.6. The number of amides is 1. The predicted octanol–water partition coefficient (Wildman–Crippen LogP) is 2.35. The van der Waals surface area contributed by atoms with Crippen LogP contribution >= 0.6 is 0 Å². The summed E-state index contributed by atoms with van der Waals surface area (Å²) in [6.07, 6.45) is 5.21. The summed E-state index contributed by atoms with van der Waals surface area (Å²) < 4.78 is 0. The van der Waals surface area contributed by atoms with Crippen LogP contribution < -0.4 is 5.32 Å². The molecule has 4 heteroatoms. The number of carbonyl (C=O) groups is 1. The lowest BCUT2D eigenvalue weighted by Crippen LogP contribution is -2.45. The largest absolute Gasteiger partial charge is 0.396 e. The minimum absolute atomic E-state index is 0.0551. The Morgan fingerprint density at radius 1 is 1.23 bits per heavy atom. The van der Waals surface area contributed by atoms with Gasteiger partial charge in [-0.25, -0.2) is 0 Å². The first kappa shape index (κ1) is 17.0. The molecule has 1 aromatic rings. The number of aliphatic hydroxyl groups excluding tert-OH is 1. The number of rotatable bonds is 7. The van der Waals surface area contributed by atoms with Crippen LogP contribution in [0.4, 0.5) is 0 Å². The van der Waals surface area contributed by atoms with Crippen molar-refractivity contribution in [1.82, 2.24) is 10.2 Å². The van der Waals surface area contributed by atoms with Crippen molar-refractivity contribution in [3.05, 3.63) is 35.4 Å². The van der Waals surface area contributed by atoms with Gasteiger partial charge in [-0.1, -0.05) is 18.2 Å². The average molecular weight is 304 g/mol. The molecule has 1 amide bonds. The van der Waals surface area contributed by atoms with E-state index in [1.165, 1.54) is 0 Å². The normalized spacial score (nSPS) is 16.6. The summed E-state index contributed by atoms with van der Waals surface area (Å²) in [5.74, 6) is 0.0551. The van der Waals surface area contributed by atoms with E-state index >= 15 is 0 Å². The number of likely N-dealkylation sites (tertiary alicyclic amines) is 1. The summed E-state index contributed by atoms with van der Waals surface area (Å²) >= 11 is 0. The van der Waals surface area contributed by atoms with E-state index in [2.05, 4.69) is 10.2 Å². The van der Waals surface area contributed by atoms with Gasteiger partial charge in [-0.3, -0.25) is 4.79 Å². The highest BCUT2D eigenvalue weighted by atomic mass is 16.2. The van der Waals surface area contributed by atoms with Crippen LogP contribution in [-0.4, -0.2) is 48.2 Å². The second kappa shape index (κ2) is 8.91. The van der Waals surface area contributed by atoms with Crippen LogP contribution in [0.5, 0.6) is 0 Å². The molecule has 0 spiro atoms. The van der Waals surface area contributed by atoms with Crippen molar-refractivity contribution in [2.45, 2.75) is 45.1 Å². The van der Waals surface area contributed by atoms with Gasteiger partial charge in [-0.05, 0) is 57.2 Å². The summed E-state index contributed by atoms with van der Waals surface area (Å²) in [6.45, 7) is 5.49. The molecule has 0 aromatic heterocycles. The topological polar surface area (TPSA) is 52.6 Å². The number of hydrogen-bond acceptors (Lipinski definition) is 3. The highest BCUT2D eigenvalue weighted by molar-refractivity contribution is 5.95. The smallest absolute Gasteiger partial charge is 0.251 e. The third-order valence-electron chi connectivity index (χ3n) is 4.44. The van der Waals surface area contributed by atoms with Crippen LogP contribution in [-0.2, 0) is 0 Å². The van der Waals surface area contributed by atoms with Crippen molar-refractivity contribution in [1.29, 1.82) is 0 Å². The number of carbonyl (C=O) groups excluding carboxylic acids is 1. The summed E-state index contributed by atoms with van der Waals surface area (Å²) in [7, 11) is 0. The quantitative estimate of drug-likeness (QED) is 0.760. The lowest BCUT2D eigenvalue weighted by atomic mass is 10.0. The molecule has 0 atom stereocenters. The summed E-state index contributed by atoms with van der Waals surface area (Å²) in [5, 5.41) is 12.0. The first-order valence-electron chi connectivity index (χ1n) is 8.40. The predicted molar refractivity (Wildman–Crippen MR) is 89.0 cm³/mol. The monoisotopic (exact) mass is 304 g/mol. The third-order valence-corrected chi connectivity index (χ3v) is 4.44. The molecule has 1 aliphatic heterocycles. The Labute approximate surface area is 133 Å². The zero-order chi connectivity index (χ0) is 15.8. The number of hydrogen-bond donors (Lipinski definition) is 2. The van der Waals surface area contributed by atoms with Crippen LogP contribution in [0.1, 0.15) is 48.0 Å². The van der Waals surface area contributed by atoms with Crippen molar-refractivity contribution in [3.63, 3.8) is 0 Å². The third kappa shape index (κ3) is 5.11. The average Bonchev–Trinajstić information content (AvgIpc) is 2.53. The van der Waals surface area contributed by atoms with Crippen LogP contribution in [0, 0.1) is 6.92 Å². The van der Waals surface area contributed by atoms with Crippen LogP contribution in [0.2, 0.25) is 0 Å². The van der Waals surface area contributed by atoms with Crippen molar-refractivity contribution in [2.24, 2.45) is 0 Å². The number of nitrogens with one attached hydrogen (secondary N) is 1. The second-order valence-corrected chi connectivity index (χ2v) is 6.19. The standard InChI is InChI=1S/C18H28N2O2/c1-15-7-3-4-8-17(15)18(22)19-16-9-12-20(13-10-16)11-5-2-6-14-21/h3-4,7-8,16,21H,2,5-6,9-14H2,1H3,(H,19,22). The molecule has 1 heterocycles. The lowest BCUT2D eigenvalue weighted by Gasteiger charge is -2.32.